The number of rotatable bonds is 24. The largest absolute Gasteiger partial charge is 2.00 e. The number of halogens is 20. The van der Waals surface area contributed by atoms with E-state index >= 15 is 0 Å². The molecule has 131 heavy (non-hydrogen) atoms. The molecule has 16 N–H and O–H groups in total. The number of carbonyl (C=O) groups excluding carboxylic acids is 8. The molecule has 0 saturated carbocycles. The number of carbonyl (C=O) groups is 8. The minimum Gasteiger partial charge on any atom is -0.542 e. The molecule has 0 atom stereocenters. The molecule has 4 amide bonds. The van der Waals surface area contributed by atoms with Crippen molar-refractivity contribution in [3.63, 3.8) is 0 Å². The van der Waals surface area contributed by atoms with Crippen LogP contribution in [0, 0.1) is 0 Å². The van der Waals surface area contributed by atoms with E-state index < -0.39 is 94.8 Å². The van der Waals surface area contributed by atoms with Gasteiger partial charge in [0.1, 0.15) is 23.9 Å². The SMILES string of the molecule is F[B-](F)(F)F.F[B-](F)(F)F.O=C([O-])C(F)(F)F.O=C([O-])C(F)(F)F.O=C([O-])C(F)(F)F.O=C([O-])C(F)(F)F.[NH3+]CCNC(=O)Cc1ccc(N2CP(c3ccccc3)CN(c3ccc(CC(=O)NCC[NH3+])cc3)CP(c3ccccc3)C2)cc1.[NH3+]CCNC(=O)Cc1ccc(N2CP(c3ccccc3)CN(c3ccc(CC(=O)NCC[NH3+])cc3)CP(c3ccccc3)C2)cc1.[Ni+2]. The van der Waals surface area contributed by atoms with Gasteiger partial charge in [-0.25, -0.2) is 0 Å². The van der Waals surface area contributed by atoms with Gasteiger partial charge in [0.15, 0.2) is 0 Å². The average molecular weight is 2000 g/mol. The molecule has 8 aromatic carbocycles. The zero-order valence-corrected chi connectivity index (χ0v) is 73.8. The van der Waals surface area contributed by atoms with Gasteiger partial charge >= 0.3 is 55.7 Å². The standard InChI is InChI=1S/2C36H44N6O2P2.4C2HF3O2.2BF4.Ni/c2*37-19-21-39-35(43)23-29-11-15-31(16-12-29)41-25-45(33-7-3-1-4-8-33)26-42(28-46(27-41)34-9-5-2-6-10-34)32-17-13-30(14-18-32)24-36(44)40-22-20-38;4*3-2(4,5)1(6)7;2*2-1(3,4)5;/h2*1-18H,19-28,37-38H2,(H,39,43)(H,40,44);4*(H,6,7);;;/q;;;;;;2*-1;+2. The van der Waals surface area contributed by atoms with E-state index in [9.17, 15) is 106 Å². The van der Waals surface area contributed by atoms with Gasteiger partial charge in [0, 0.05) is 73.0 Å². The molecule has 720 valence electrons. The number of quaternary nitrogens is 4. The van der Waals surface area contributed by atoms with Crippen molar-refractivity contribution in [2.45, 2.75) is 50.4 Å². The summed E-state index contributed by atoms with van der Waals surface area (Å²) in [5.74, 6) is -11.9. The molecule has 10 rings (SSSR count). The minimum absolute atomic E-state index is 0. The molecule has 0 aliphatic carbocycles. The molecule has 2 heterocycles. The summed E-state index contributed by atoms with van der Waals surface area (Å²) in [6.07, 6.45) is -11.7. The van der Waals surface area contributed by atoms with Crippen LogP contribution in [0.5, 0.6) is 0 Å². The first-order valence-corrected chi connectivity index (χ1v) is 45.3. The molecule has 2 aliphatic heterocycles. The molecule has 51 heteroatoms. The van der Waals surface area contributed by atoms with Crippen molar-refractivity contribution in [1.82, 2.24) is 21.3 Å². The summed E-state index contributed by atoms with van der Waals surface area (Å²) in [7, 11) is -14.2. The second kappa shape index (κ2) is 58.4. The van der Waals surface area contributed by atoms with Crippen LogP contribution in [0.1, 0.15) is 22.3 Å². The summed E-state index contributed by atoms with van der Waals surface area (Å²) in [6, 6.07) is 77.9. The normalized spacial score (nSPS) is 15.1. The summed E-state index contributed by atoms with van der Waals surface area (Å²) in [4.78, 5) is 94.7. The number of benzene rings is 8. The van der Waals surface area contributed by atoms with Gasteiger partial charge in [-0.05, 0) is 124 Å². The van der Waals surface area contributed by atoms with Crippen molar-refractivity contribution in [3.8, 4) is 0 Å². The van der Waals surface area contributed by atoms with Gasteiger partial charge in [0.05, 0.1) is 78.0 Å². The summed E-state index contributed by atoms with van der Waals surface area (Å²) in [6.45, 7) is 5.16. The van der Waals surface area contributed by atoms with Crippen LogP contribution in [-0.4, -0.2) is 189 Å². The number of nitrogens with zero attached hydrogens (tertiary/aromatic N) is 4. The third kappa shape index (κ3) is 50.1. The van der Waals surface area contributed by atoms with Crippen molar-refractivity contribution in [2.24, 2.45) is 0 Å². The molecule has 2 saturated heterocycles. The van der Waals surface area contributed by atoms with Crippen LogP contribution in [0.2, 0.25) is 0 Å². The molecule has 2 aliphatic rings. The Morgan fingerprint density at radius 2 is 0.405 bits per heavy atom. The number of hydrogen-bond donors (Lipinski definition) is 8. The summed E-state index contributed by atoms with van der Waals surface area (Å²) >= 11 is 0. The molecule has 2 fully saturated rings. The second-order valence-electron chi connectivity index (χ2n) is 27.1. The van der Waals surface area contributed by atoms with E-state index in [4.69, 9.17) is 39.6 Å². The van der Waals surface area contributed by atoms with E-state index in [1.807, 2.05) is 0 Å². The minimum atomic E-state index is -6.00. The van der Waals surface area contributed by atoms with Crippen LogP contribution < -0.4 is 105 Å². The van der Waals surface area contributed by atoms with Gasteiger partial charge in [0.2, 0.25) is 23.6 Å². The maximum atomic E-state index is 12.3. The second-order valence-corrected chi connectivity index (χ2v) is 35.8. The molecule has 0 spiro atoms. The quantitative estimate of drug-likeness (QED) is 0.0237. The Labute approximate surface area is 754 Å². The van der Waals surface area contributed by atoms with Crippen LogP contribution in [0.4, 0.5) is 110 Å². The van der Waals surface area contributed by atoms with Gasteiger partial charge in [-0.1, -0.05) is 170 Å². The summed E-state index contributed by atoms with van der Waals surface area (Å²) in [5, 5.41) is 52.4. The zero-order valence-electron chi connectivity index (χ0n) is 69.3. The summed E-state index contributed by atoms with van der Waals surface area (Å²) in [5.41, 5.74) is 24.1. The fraction of sp³-hybridized carbons (Fsp3) is 0.300. The smallest absolute Gasteiger partial charge is 0.542 e. The number of carboxylic acids is 4. The Bertz CT molecular complexity index is 4110. The van der Waals surface area contributed by atoms with Crippen molar-refractivity contribution >= 4 is 138 Å². The first kappa shape index (κ1) is 117. The molecule has 24 nitrogen and oxygen atoms in total. The van der Waals surface area contributed by atoms with Crippen molar-refractivity contribution in [3.05, 3.63) is 241 Å². The van der Waals surface area contributed by atoms with Crippen LogP contribution in [0.15, 0.2) is 218 Å². The Morgan fingerprint density at radius 3 is 0.519 bits per heavy atom. The third-order valence-corrected chi connectivity index (χ3v) is 26.4. The Hall–Kier alpha value is -10.5. The maximum Gasteiger partial charge on any atom is 2.00 e. The Morgan fingerprint density at radius 1 is 0.275 bits per heavy atom. The van der Waals surface area contributed by atoms with E-state index in [-0.39, 0.29) is 40.1 Å². The number of hydrogen-bond acceptors (Lipinski definition) is 16. The van der Waals surface area contributed by atoms with Gasteiger partial charge in [-0.15, -0.1) is 0 Å². The average Bonchev–Trinajstić information content (AvgIpc) is 0.804. The van der Waals surface area contributed by atoms with Gasteiger partial charge in [0.25, 0.3) is 0 Å². The molecular weight excluding hydrogens is 1910 g/mol. The van der Waals surface area contributed by atoms with Crippen molar-refractivity contribution in [2.75, 3.05) is 122 Å². The van der Waals surface area contributed by atoms with Crippen LogP contribution in [0.3, 0.4) is 0 Å². The van der Waals surface area contributed by atoms with E-state index in [2.05, 4.69) is 282 Å². The zero-order chi connectivity index (χ0) is 97.6. The molecule has 8 aromatic rings. The predicted molar refractivity (Wildman–Crippen MR) is 449 cm³/mol. The first-order valence-electron chi connectivity index (χ1n) is 38.5. The van der Waals surface area contributed by atoms with E-state index in [0.717, 1.165) is 72.5 Å². The summed E-state index contributed by atoms with van der Waals surface area (Å²) < 4.78 is 204. The third-order valence-electron chi connectivity index (χ3n) is 16.8. The monoisotopic (exact) mass is 2000 g/mol. The fourth-order valence-electron chi connectivity index (χ4n) is 11.1. The maximum absolute atomic E-state index is 12.3. The number of amides is 4. The molecule has 0 unspecified atom stereocenters. The fourth-order valence-corrected chi connectivity index (χ4v) is 21.1. The molecular formula is C80H92B2F20N12NiO12P4. The molecule has 0 radical (unpaired) electrons. The Kier molecular flexibility index (Phi) is 52.0. The van der Waals surface area contributed by atoms with E-state index in [1.54, 1.807) is 0 Å². The number of nitrogens with one attached hydrogen (secondary N) is 4. The Balaban J connectivity index is 0.000000631. The predicted octanol–water partition coefficient (Wildman–Crippen LogP) is 4.31. The van der Waals surface area contributed by atoms with Gasteiger partial charge in [-0.2, -0.15) is 52.7 Å². The van der Waals surface area contributed by atoms with E-state index in [1.165, 1.54) is 44.0 Å². The first-order chi connectivity index (χ1) is 60.8. The topological polar surface area (TPSA) is 400 Å². The van der Waals surface area contributed by atoms with Crippen molar-refractivity contribution in [1.29, 1.82) is 0 Å². The van der Waals surface area contributed by atoms with Crippen molar-refractivity contribution < 1.29 is 185 Å². The molecule has 0 bridgehead atoms. The van der Waals surface area contributed by atoms with E-state index in [0.29, 0.717) is 78.0 Å². The van der Waals surface area contributed by atoms with Crippen LogP contribution in [0.25, 0.3) is 0 Å². The van der Waals surface area contributed by atoms with Crippen LogP contribution in [-0.2, 0) is 80.5 Å². The van der Waals surface area contributed by atoms with Gasteiger partial charge in [-0.3, -0.25) is 19.2 Å². The molecule has 0 aromatic heterocycles. The number of carboxylic acid groups (broad SMARTS) is 4. The van der Waals surface area contributed by atoms with Crippen LogP contribution >= 0.6 is 31.7 Å². The van der Waals surface area contributed by atoms with Gasteiger partial charge < -0.3 is 138 Å². The number of aliphatic carboxylic acids is 4. The number of anilines is 4. The number of alkyl halides is 12.